The Morgan fingerprint density at radius 3 is 2.65 bits per heavy atom. The summed E-state index contributed by atoms with van der Waals surface area (Å²) in [5.74, 6) is -1.04. The molecule has 2 atom stereocenters. The van der Waals surface area contributed by atoms with E-state index in [2.05, 4.69) is 20.6 Å². The normalized spacial score (nSPS) is 17.6. The van der Waals surface area contributed by atoms with Crippen LogP contribution in [0.2, 0.25) is 0 Å². The lowest BCUT2D eigenvalue weighted by Gasteiger charge is -2.35. The molecule has 1 fully saturated rings. The molecule has 180 valence electrons. The zero-order valence-corrected chi connectivity index (χ0v) is 18.3. The molecule has 4 amide bonds. The average Bonchev–Trinajstić information content (AvgIpc) is 3.21. The molecule has 0 aliphatic carbocycles. The molecular weight excluding hydrogens is 455 g/mol. The van der Waals surface area contributed by atoms with Crippen LogP contribution in [0.1, 0.15) is 34.2 Å². The first-order valence-corrected chi connectivity index (χ1v) is 10.5. The van der Waals surface area contributed by atoms with Crippen LogP contribution in [0.3, 0.4) is 0 Å². The van der Waals surface area contributed by atoms with Gasteiger partial charge in [-0.2, -0.15) is 13.2 Å². The molecule has 34 heavy (non-hydrogen) atoms. The molecule has 10 nitrogen and oxygen atoms in total. The van der Waals surface area contributed by atoms with Gasteiger partial charge in [-0.1, -0.05) is 0 Å². The first kappa shape index (κ1) is 23.3. The Kier molecular flexibility index (Phi) is 6.02. The minimum Gasteiger partial charge on any atom is -0.366 e. The van der Waals surface area contributed by atoms with E-state index in [9.17, 15) is 27.6 Å². The van der Waals surface area contributed by atoms with Crippen molar-refractivity contribution in [2.75, 3.05) is 35.3 Å². The number of carbonyl (C=O) groups excluding carboxylic acids is 3. The van der Waals surface area contributed by atoms with Crippen LogP contribution in [0.5, 0.6) is 0 Å². The summed E-state index contributed by atoms with van der Waals surface area (Å²) in [5, 5.41) is 7.01. The number of anilines is 3. The van der Waals surface area contributed by atoms with E-state index < -0.39 is 24.2 Å². The second kappa shape index (κ2) is 8.80. The van der Waals surface area contributed by atoms with Crippen molar-refractivity contribution in [3.05, 3.63) is 41.7 Å². The predicted octanol–water partition coefficient (Wildman–Crippen LogP) is 2.15. The molecule has 13 heteroatoms. The number of rotatable bonds is 4. The van der Waals surface area contributed by atoms with Crippen LogP contribution in [0, 0.1) is 0 Å². The van der Waals surface area contributed by atoms with Crippen molar-refractivity contribution in [3.63, 3.8) is 0 Å². The molecular formula is C21H22F3N7O3. The number of urea groups is 1. The van der Waals surface area contributed by atoms with Gasteiger partial charge < -0.3 is 15.5 Å². The second-order valence-corrected chi connectivity index (χ2v) is 7.97. The van der Waals surface area contributed by atoms with Crippen LogP contribution in [-0.2, 0) is 0 Å². The van der Waals surface area contributed by atoms with Crippen LogP contribution >= 0.6 is 0 Å². The highest BCUT2D eigenvalue weighted by Crippen LogP contribution is 2.39. The molecule has 1 unspecified atom stereocenters. The number of pyridine rings is 2. The predicted molar refractivity (Wildman–Crippen MR) is 117 cm³/mol. The molecule has 3 N–H and O–H groups in total. The van der Waals surface area contributed by atoms with Crippen molar-refractivity contribution < 1.29 is 27.6 Å². The molecule has 2 bridgehead atoms. The van der Waals surface area contributed by atoms with Crippen molar-refractivity contribution in [2.45, 2.75) is 31.6 Å². The van der Waals surface area contributed by atoms with E-state index in [1.807, 2.05) is 10.2 Å². The van der Waals surface area contributed by atoms with Gasteiger partial charge in [0.2, 0.25) is 0 Å². The van der Waals surface area contributed by atoms with Gasteiger partial charge in [0.1, 0.15) is 17.6 Å². The smallest absolute Gasteiger partial charge is 0.366 e. The number of alkyl halides is 3. The number of hydrogen-bond donors (Lipinski definition) is 3. The number of halogens is 3. The van der Waals surface area contributed by atoms with E-state index in [0.29, 0.717) is 30.8 Å². The molecule has 4 rings (SSSR count). The van der Waals surface area contributed by atoms with Gasteiger partial charge in [-0.15, -0.1) is 0 Å². The number of fused-ring (bicyclic) bond motifs is 4. The van der Waals surface area contributed by atoms with Crippen molar-refractivity contribution >= 4 is 35.2 Å². The highest BCUT2D eigenvalue weighted by molar-refractivity contribution is 6.05. The van der Waals surface area contributed by atoms with Crippen LogP contribution in [0.4, 0.5) is 35.3 Å². The quantitative estimate of drug-likeness (QED) is 0.621. The fourth-order valence-electron chi connectivity index (χ4n) is 3.90. The fraction of sp³-hybridized carbons (Fsp3) is 0.381. The molecule has 2 aliphatic heterocycles. The number of hydrogen-bond acceptors (Lipinski definition) is 6. The molecule has 2 aromatic heterocycles. The maximum Gasteiger partial charge on any atom is 0.408 e. The Labute approximate surface area is 192 Å². The van der Waals surface area contributed by atoms with Crippen LogP contribution in [-0.4, -0.2) is 66.2 Å². The summed E-state index contributed by atoms with van der Waals surface area (Å²) in [5.41, 5.74) is 0.654. The third-order valence-electron chi connectivity index (χ3n) is 5.73. The molecule has 1 saturated heterocycles. The summed E-state index contributed by atoms with van der Waals surface area (Å²) in [6.45, 7) is 2.04. The lowest BCUT2D eigenvalue weighted by molar-refractivity contribution is -0.149. The van der Waals surface area contributed by atoms with Crippen LogP contribution in [0.25, 0.3) is 0 Å². The lowest BCUT2D eigenvalue weighted by atomic mass is 10.1. The van der Waals surface area contributed by atoms with Crippen LogP contribution < -0.4 is 25.8 Å². The van der Waals surface area contributed by atoms with Gasteiger partial charge in [0.25, 0.3) is 11.8 Å². The SMILES string of the molecule is CNC(=O)c1ccnc(NC(=O)N2c3nc(C(=O)N[C@H](C)C(F)(F)F)ccc3N3CCC2C3)c1. The number of amides is 4. The first-order chi connectivity index (χ1) is 16.1. The number of aromatic nitrogens is 2. The Balaban J connectivity index is 1.61. The summed E-state index contributed by atoms with van der Waals surface area (Å²) < 4.78 is 38.6. The van der Waals surface area contributed by atoms with E-state index in [-0.39, 0.29) is 29.3 Å². The maximum absolute atomic E-state index is 13.2. The topological polar surface area (TPSA) is 120 Å². The van der Waals surface area contributed by atoms with Gasteiger partial charge >= 0.3 is 12.2 Å². The minimum absolute atomic E-state index is 0.140. The van der Waals surface area contributed by atoms with Gasteiger partial charge in [0.15, 0.2) is 5.82 Å². The van der Waals surface area contributed by atoms with Crippen molar-refractivity contribution in [1.29, 1.82) is 0 Å². The Hall–Kier alpha value is -3.90. The Morgan fingerprint density at radius 1 is 1.18 bits per heavy atom. The Morgan fingerprint density at radius 2 is 1.94 bits per heavy atom. The van der Waals surface area contributed by atoms with E-state index in [0.717, 1.165) is 6.92 Å². The van der Waals surface area contributed by atoms with E-state index in [1.54, 1.807) is 6.07 Å². The average molecular weight is 477 g/mol. The summed E-state index contributed by atoms with van der Waals surface area (Å²) in [7, 11) is 1.48. The molecule has 0 saturated carbocycles. The number of nitrogens with zero attached hydrogens (tertiary/aromatic N) is 4. The highest BCUT2D eigenvalue weighted by atomic mass is 19.4. The first-order valence-electron chi connectivity index (χ1n) is 10.5. The minimum atomic E-state index is -4.60. The van der Waals surface area contributed by atoms with E-state index in [4.69, 9.17) is 0 Å². The molecule has 2 aliphatic rings. The maximum atomic E-state index is 13.2. The Bertz CT molecular complexity index is 1140. The molecule has 2 aromatic rings. The van der Waals surface area contributed by atoms with Gasteiger partial charge in [-0.05, 0) is 37.6 Å². The zero-order valence-electron chi connectivity index (χ0n) is 18.3. The number of nitrogens with one attached hydrogen (secondary N) is 3. The highest BCUT2D eigenvalue weighted by Gasteiger charge is 2.41. The van der Waals surface area contributed by atoms with Gasteiger partial charge in [-0.3, -0.25) is 19.8 Å². The summed E-state index contributed by atoms with van der Waals surface area (Å²) in [6, 6.07) is 2.92. The van der Waals surface area contributed by atoms with Crippen LogP contribution in [0.15, 0.2) is 30.5 Å². The summed E-state index contributed by atoms with van der Waals surface area (Å²) >= 11 is 0. The van der Waals surface area contributed by atoms with Gasteiger partial charge in [0.05, 0.1) is 11.7 Å². The van der Waals surface area contributed by atoms with Gasteiger partial charge in [0, 0.05) is 31.9 Å². The lowest BCUT2D eigenvalue weighted by Crippen LogP contribution is -2.49. The van der Waals surface area contributed by atoms with E-state index >= 15 is 0 Å². The summed E-state index contributed by atoms with van der Waals surface area (Å²) in [4.78, 5) is 49.2. The molecule has 0 spiro atoms. The third kappa shape index (κ3) is 4.45. The molecule has 4 heterocycles. The zero-order chi connectivity index (χ0) is 24.6. The van der Waals surface area contributed by atoms with E-state index in [1.165, 1.54) is 36.3 Å². The largest absolute Gasteiger partial charge is 0.408 e. The third-order valence-corrected chi connectivity index (χ3v) is 5.73. The monoisotopic (exact) mass is 477 g/mol. The van der Waals surface area contributed by atoms with Gasteiger partial charge in [-0.25, -0.2) is 14.8 Å². The molecule has 0 aromatic carbocycles. The fourth-order valence-corrected chi connectivity index (χ4v) is 3.90. The second-order valence-electron chi connectivity index (χ2n) is 7.97. The summed E-state index contributed by atoms with van der Waals surface area (Å²) in [6.07, 6.45) is -2.58. The van der Waals surface area contributed by atoms with Crippen molar-refractivity contribution in [3.8, 4) is 0 Å². The van der Waals surface area contributed by atoms with Crippen molar-refractivity contribution in [1.82, 2.24) is 20.6 Å². The standard InChI is InChI=1S/C21H22F3N7O3/c1-11(21(22,23)24)27-19(33)14-3-4-15-17(28-14)31(13-6-8-30(15)10-13)20(34)29-16-9-12(5-7-26-16)18(32)25-2/h3-5,7,9,11,13H,6,8,10H2,1-2H3,(H,25,32)(H,27,33)(H,26,29,34)/t11-,13?/m1/s1. The van der Waals surface area contributed by atoms with Crippen molar-refractivity contribution in [2.24, 2.45) is 0 Å². The number of carbonyl (C=O) groups is 3. The molecule has 0 radical (unpaired) electrons.